The second kappa shape index (κ2) is 3.13. The Labute approximate surface area is 78.0 Å². The number of nitrogens with zero attached hydrogens (tertiary/aromatic N) is 1. The highest BCUT2D eigenvalue weighted by atomic mass is 32.1. The van der Waals surface area contributed by atoms with Gasteiger partial charge in [0.05, 0.1) is 0 Å². The van der Waals surface area contributed by atoms with E-state index in [0.29, 0.717) is 5.91 Å². The second-order valence-electron chi connectivity index (χ2n) is 3.36. The Morgan fingerprint density at radius 3 is 2.92 bits per heavy atom. The van der Waals surface area contributed by atoms with E-state index in [-0.39, 0.29) is 0 Å². The van der Waals surface area contributed by atoms with Crippen molar-refractivity contribution in [3.63, 3.8) is 0 Å². The molecule has 12 heavy (non-hydrogen) atoms. The highest BCUT2D eigenvalue weighted by Crippen LogP contribution is 2.31. The van der Waals surface area contributed by atoms with Crippen molar-refractivity contribution in [3.8, 4) is 0 Å². The fraction of sp³-hybridized carbons (Fsp3) is 0.667. The second-order valence-corrected chi connectivity index (χ2v) is 3.67. The third-order valence-corrected chi connectivity index (χ3v) is 3.05. The molecule has 2 aliphatic rings. The van der Waals surface area contributed by atoms with Crippen LogP contribution in [-0.4, -0.2) is 23.1 Å². The van der Waals surface area contributed by atoms with Gasteiger partial charge in [0.2, 0.25) is 5.91 Å². The van der Waals surface area contributed by atoms with Crippen LogP contribution in [0.25, 0.3) is 0 Å². The zero-order valence-electron chi connectivity index (χ0n) is 7.05. The molecule has 0 aromatic rings. The number of carbonyl (C=O) groups is 1. The van der Waals surface area contributed by atoms with E-state index in [1.165, 1.54) is 11.3 Å². The van der Waals surface area contributed by atoms with Crippen LogP contribution in [0.1, 0.15) is 25.7 Å². The van der Waals surface area contributed by atoms with E-state index in [9.17, 15) is 4.79 Å². The van der Waals surface area contributed by atoms with E-state index in [2.05, 4.69) is 12.6 Å². The van der Waals surface area contributed by atoms with Gasteiger partial charge in [-0.3, -0.25) is 4.79 Å². The lowest BCUT2D eigenvalue weighted by atomic mass is 10.1. The molecule has 2 aliphatic heterocycles. The Balaban J connectivity index is 2.25. The third-order valence-electron chi connectivity index (χ3n) is 2.67. The van der Waals surface area contributed by atoms with Crippen molar-refractivity contribution in [2.45, 2.75) is 25.7 Å². The molecule has 0 aromatic carbocycles. The van der Waals surface area contributed by atoms with Gasteiger partial charge in [-0.15, -0.1) is 0 Å². The molecule has 0 saturated carbocycles. The van der Waals surface area contributed by atoms with Crippen LogP contribution >= 0.6 is 12.6 Å². The predicted octanol–water partition coefficient (Wildman–Crippen LogP) is 1.59. The summed E-state index contributed by atoms with van der Waals surface area (Å²) in [7, 11) is 0. The van der Waals surface area contributed by atoms with Gasteiger partial charge in [-0.05, 0) is 24.8 Å². The van der Waals surface area contributed by atoms with Crippen LogP contribution in [0.5, 0.6) is 0 Å². The number of piperidine rings is 1. The summed E-state index contributed by atoms with van der Waals surface area (Å²) in [4.78, 5) is 13.4. The number of fused-ring (bicyclic) bond motifs is 1. The molecule has 1 saturated heterocycles. The monoisotopic (exact) mass is 183 g/mol. The average molecular weight is 183 g/mol. The molecule has 0 N–H and O–H groups in total. The molecular formula is C9H13NOS. The Kier molecular flexibility index (Phi) is 2.13. The van der Waals surface area contributed by atoms with Crippen LogP contribution in [0.3, 0.4) is 0 Å². The molecular weight excluding hydrogens is 170 g/mol. The number of rotatable bonds is 1. The Hall–Kier alpha value is -0.440. The summed E-state index contributed by atoms with van der Waals surface area (Å²) in [6.07, 6.45) is 3.90. The predicted molar refractivity (Wildman–Crippen MR) is 51.1 cm³/mol. The van der Waals surface area contributed by atoms with Crippen molar-refractivity contribution in [2.75, 3.05) is 12.3 Å². The first-order valence-electron chi connectivity index (χ1n) is 4.45. The normalized spacial score (nSPS) is 23.4. The average Bonchev–Trinajstić information content (AvgIpc) is 2.49. The Bertz CT molecular complexity index is 247. The van der Waals surface area contributed by atoms with Crippen LogP contribution < -0.4 is 0 Å². The van der Waals surface area contributed by atoms with Crippen molar-refractivity contribution in [1.82, 2.24) is 4.90 Å². The van der Waals surface area contributed by atoms with E-state index in [0.717, 1.165) is 38.0 Å². The molecule has 0 radical (unpaired) electrons. The summed E-state index contributed by atoms with van der Waals surface area (Å²) in [5.74, 6) is 1.13. The van der Waals surface area contributed by atoms with Gasteiger partial charge in [0.1, 0.15) is 0 Å². The minimum absolute atomic E-state index is 0.313. The molecule has 2 rings (SSSR count). The zero-order chi connectivity index (χ0) is 8.55. The highest BCUT2D eigenvalue weighted by molar-refractivity contribution is 7.80. The van der Waals surface area contributed by atoms with E-state index in [1.54, 1.807) is 0 Å². The molecule has 2 heterocycles. The van der Waals surface area contributed by atoms with E-state index < -0.39 is 0 Å². The summed E-state index contributed by atoms with van der Waals surface area (Å²) in [5.41, 5.74) is 2.66. The summed E-state index contributed by atoms with van der Waals surface area (Å²) >= 11 is 4.27. The largest absolute Gasteiger partial charge is 0.316 e. The minimum atomic E-state index is 0.313. The van der Waals surface area contributed by atoms with Crippen molar-refractivity contribution in [2.24, 2.45) is 0 Å². The molecule has 0 bridgehead atoms. The lowest BCUT2D eigenvalue weighted by molar-refractivity contribution is -0.130. The number of amides is 1. The van der Waals surface area contributed by atoms with Gasteiger partial charge in [0.25, 0.3) is 0 Å². The lowest BCUT2D eigenvalue weighted by Crippen LogP contribution is -2.31. The molecule has 0 unspecified atom stereocenters. The summed E-state index contributed by atoms with van der Waals surface area (Å²) in [6, 6.07) is 0. The molecule has 0 aromatic heterocycles. The van der Waals surface area contributed by atoms with Crippen LogP contribution in [-0.2, 0) is 4.79 Å². The maximum absolute atomic E-state index is 11.4. The zero-order valence-corrected chi connectivity index (χ0v) is 7.94. The minimum Gasteiger partial charge on any atom is -0.316 e. The number of thiol groups is 1. The van der Waals surface area contributed by atoms with Crippen LogP contribution in [0.4, 0.5) is 0 Å². The first-order valence-corrected chi connectivity index (χ1v) is 5.08. The number of hydrogen-bond donors (Lipinski definition) is 1. The fourth-order valence-electron chi connectivity index (χ4n) is 2.02. The standard InChI is InChI=1S/C9H13NOS/c11-9-3-1-2-8-7(6-12)4-5-10(8)9/h12H,1-6H2. The first-order chi connectivity index (χ1) is 5.83. The van der Waals surface area contributed by atoms with Gasteiger partial charge >= 0.3 is 0 Å². The fourth-order valence-corrected chi connectivity index (χ4v) is 2.36. The van der Waals surface area contributed by atoms with Gasteiger partial charge in [0, 0.05) is 24.4 Å². The van der Waals surface area contributed by atoms with E-state index in [4.69, 9.17) is 0 Å². The molecule has 0 atom stereocenters. The van der Waals surface area contributed by atoms with Crippen LogP contribution in [0.2, 0.25) is 0 Å². The van der Waals surface area contributed by atoms with Crippen molar-refractivity contribution in [1.29, 1.82) is 0 Å². The third kappa shape index (κ3) is 1.16. The number of allylic oxidation sites excluding steroid dienone is 1. The first kappa shape index (κ1) is 8.17. The summed E-state index contributed by atoms with van der Waals surface area (Å²) in [5, 5.41) is 0. The van der Waals surface area contributed by atoms with Gasteiger partial charge in [0.15, 0.2) is 0 Å². The highest BCUT2D eigenvalue weighted by Gasteiger charge is 2.29. The number of hydrogen-bond acceptors (Lipinski definition) is 2. The van der Waals surface area contributed by atoms with Crippen molar-refractivity contribution in [3.05, 3.63) is 11.3 Å². The van der Waals surface area contributed by atoms with E-state index in [1.807, 2.05) is 4.90 Å². The topological polar surface area (TPSA) is 20.3 Å². The van der Waals surface area contributed by atoms with Gasteiger partial charge in [-0.2, -0.15) is 12.6 Å². The SMILES string of the molecule is O=C1CCCC2=C(CS)CCN12. The van der Waals surface area contributed by atoms with E-state index >= 15 is 0 Å². The number of carbonyl (C=O) groups excluding carboxylic acids is 1. The maximum atomic E-state index is 11.4. The lowest BCUT2D eigenvalue weighted by Gasteiger charge is -2.25. The molecule has 2 nitrogen and oxygen atoms in total. The molecule has 0 spiro atoms. The molecule has 66 valence electrons. The van der Waals surface area contributed by atoms with Crippen LogP contribution in [0, 0.1) is 0 Å². The summed E-state index contributed by atoms with van der Waals surface area (Å²) < 4.78 is 0. The van der Waals surface area contributed by atoms with Gasteiger partial charge < -0.3 is 4.90 Å². The Morgan fingerprint density at radius 2 is 2.17 bits per heavy atom. The molecule has 1 fully saturated rings. The van der Waals surface area contributed by atoms with Gasteiger partial charge in [-0.25, -0.2) is 0 Å². The van der Waals surface area contributed by atoms with Crippen molar-refractivity contribution < 1.29 is 4.79 Å². The smallest absolute Gasteiger partial charge is 0.226 e. The molecule has 1 amide bonds. The Morgan fingerprint density at radius 1 is 1.33 bits per heavy atom. The molecule has 3 heteroatoms. The maximum Gasteiger partial charge on any atom is 0.226 e. The van der Waals surface area contributed by atoms with Gasteiger partial charge in [-0.1, -0.05) is 0 Å². The molecule has 0 aliphatic carbocycles. The summed E-state index contributed by atoms with van der Waals surface area (Å²) in [6.45, 7) is 0.907. The quantitative estimate of drug-likeness (QED) is 0.612. The van der Waals surface area contributed by atoms with Crippen LogP contribution in [0.15, 0.2) is 11.3 Å². The van der Waals surface area contributed by atoms with Crippen molar-refractivity contribution >= 4 is 18.5 Å².